The van der Waals surface area contributed by atoms with Gasteiger partial charge in [0.25, 0.3) is 0 Å². The van der Waals surface area contributed by atoms with Crippen LogP contribution in [0.3, 0.4) is 0 Å². The number of nitrogens with zero attached hydrogens (tertiary/aromatic N) is 3. The largest absolute Gasteiger partial charge is 0.445 e. The molecule has 0 saturated carbocycles. The summed E-state index contributed by atoms with van der Waals surface area (Å²) in [5, 5.41) is 5.14. The molecule has 1 aliphatic rings. The Kier molecular flexibility index (Phi) is 7.14. The van der Waals surface area contributed by atoms with Crippen LogP contribution in [0.2, 0.25) is 0 Å². The van der Waals surface area contributed by atoms with Crippen LogP contribution in [-0.4, -0.2) is 54.8 Å². The molecule has 1 aromatic heterocycles. The van der Waals surface area contributed by atoms with Crippen molar-refractivity contribution in [2.45, 2.75) is 13.2 Å². The van der Waals surface area contributed by atoms with Crippen LogP contribution in [0.5, 0.6) is 0 Å². The fraction of sp³-hybridized carbons (Fsp3) is 0.368. The highest BCUT2D eigenvalue weighted by atomic mass is 16.5. The first kappa shape index (κ1) is 19.6. The smallest absolute Gasteiger partial charge is 0.407 e. The van der Waals surface area contributed by atoms with Gasteiger partial charge in [0.2, 0.25) is 11.9 Å². The van der Waals surface area contributed by atoms with Gasteiger partial charge >= 0.3 is 6.09 Å². The number of alkyl carbamates (subject to hydrolysis) is 1. The summed E-state index contributed by atoms with van der Waals surface area (Å²) in [6.07, 6.45) is 1.02. The minimum absolute atomic E-state index is 0.152. The molecule has 1 fully saturated rings. The number of hydrogen-bond acceptors (Lipinski definition) is 7. The van der Waals surface area contributed by atoms with Crippen LogP contribution < -0.4 is 15.5 Å². The molecule has 2 amide bonds. The average Bonchev–Trinajstić information content (AvgIpc) is 2.76. The van der Waals surface area contributed by atoms with E-state index in [1.807, 2.05) is 35.2 Å². The maximum absolute atomic E-state index is 11.9. The highest BCUT2D eigenvalue weighted by Crippen LogP contribution is 2.09. The molecular formula is C19H23N5O4. The second kappa shape index (κ2) is 10.2. The lowest BCUT2D eigenvalue weighted by molar-refractivity contribution is -0.120. The molecule has 9 nitrogen and oxygen atoms in total. The number of anilines is 1. The summed E-state index contributed by atoms with van der Waals surface area (Å²) in [5.74, 6) is 0.292. The SMILES string of the molecule is O=C(CNC(=O)OCc1ccccc1)NCc1ccnc(N2CCOCC2)n1. The van der Waals surface area contributed by atoms with Gasteiger partial charge in [-0.2, -0.15) is 0 Å². The zero-order valence-corrected chi connectivity index (χ0v) is 15.5. The Bertz CT molecular complexity index is 781. The molecule has 28 heavy (non-hydrogen) atoms. The maximum Gasteiger partial charge on any atom is 0.407 e. The van der Waals surface area contributed by atoms with Crippen molar-refractivity contribution >= 4 is 17.9 Å². The van der Waals surface area contributed by atoms with Crippen LogP contribution in [0.25, 0.3) is 0 Å². The number of amides is 2. The van der Waals surface area contributed by atoms with Crippen LogP contribution >= 0.6 is 0 Å². The summed E-state index contributed by atoms with van der Waals surface area (Å²) in [6.45, 7) is 3.01. The van der Waals surface area contributed by atoms with Gasteiger partial charge in [0.05, 0.1) is 25.5 Å². The van der Waals surface area contributed by atoms with Gasteiger partial charge in [-0.1, -0.05) is 30.3 Å². The second-order valence-electron chi connectivity index (χ2n) is 6.14. The molecule has 1 aliphatic heterocycles. The van der Waals surface area contributed by atoms with Gasteiger partial charge in [-0.15, -0.1) is 0 Å². The number of nitrogens with one attached hydrogen (secondary N) is 2. The average molecular weight is 385 g/mol. The zero-order chi connectivity index (χ0) is 19.6. The Morgan fingerprint density at radius 3 is 2.68 bits per heavy atom. The number of carbonyl (C=O) groups is 2. The number of rotatable bonds is 7. The van der Waals surface area contributed by atoms with Crippen molar-refractivity contribution in [1.82, 2.24) is 20.6 Å². The summed E-state index contributed by atoms with van der Waals surface area (Å²) in [5.41, 5.74) is 1.57. The van der Waals surface area contributed by atoms with E-state index in [4.69, 9.17) is 9.47 Å². The fourth-order valence-corrected chi connectivity index (χ4v) is 2.58. The van der Waals surface area contributed by atoms with Gasteiger partial charge in [0, 0.05) is 19.3 Å². The predicted molar refractivity (Wildman–Crippen MR) is 102 cm³/mol. The van der Waals surface area contributed by atoms with Crippen LogP contribution in [-0.2, 0) is 27.4 Å². The van der Waals surface area contributed by atoms with Crippen molar-refractivity contribution in [3.8, 4) is 0 Å². The monoisotopic (exact) mass is 385 g/mol. The van der Waals surface area contributed by atoms with Crippen molar-refractivity contribution < 1.29 is 19.1 Å². The number of morpholine rings is 1. The number of hydrogen-bond donors (Lipinski definition) is 2. The van der Waals surface area contributed by atoms with Crippen LogP contribution in [0.1, 0.15) is 11.3 Å². The van der Waals surface area contributed by atoms with E-state index in [0.717, 1.165) is 18.7 Å². The van der Waals surface area contributed by atoms with E-state index in [9.17, 15) is 9.59 Å². The van der Waals surface area contributed by atoms with E-state index in [-0.39, 0.29) is 25.6 Å². The van der Waals surface area contributed by atoms with Crippen molar-refractivity contribution in [2.24, 2.45) is 0 Å². The molecule has 2 aromatic rings. The number of ether oxygens (including phenoxy) is 2. The van der Waals surface area contributed by atoms with Crippen molar-refractivity contribution in [2.75, 3.05) is 37.7 Å². The Hall–Kier alpha value is -3.20. The molecule has 0 aliphatic carbocycles. The van der Waals surface area contributed by atoms with Crippen molar-refractivity contribution in [3.05, 3.63) is 53.9 Å². The highest BCUT2D eigenvalue weighted by molar-refractivity contribution is 5.82. The predicted octanol–water partition coefficient (Wildman–Crippen LogP) is 0.856. The minimum atomic E-state index is -0.643. The zero-order valence-electron chi connectivity index (χ0n) is 15.5. The van der Waals surface area contributed by atoms with Crippen molar-refractivity contribution in [1.29, 1.82) is 0 Å². The Morgan fingerprint density at radius 1 is 1.11 bits per heavy atom. The second-order valence-corrected chi connectivity index (χ2v) is 6.14. The molecule has 2 heterocycles. The number of aromatic nitrogens is 2. The maximum atomic E-state index is 11.9. The van der Waals surface area contributed by atoms with Crippen LogP contribution in [0.4, 0.5) is 10.7 Å². The first-order valence-electron chi connectivity index (χ1n) is 9.06. The molecule has 1 aromatic carbocycles. The molecule has 0 unspecified atom stereocenters. The van der Waals surface area contributed by atoms with E-state index < -0.39 is 6.09 Å². The first-order chi connectivity index (χ1) is 13.7. The summed E-state index contributed by atoms with van der Waals surface area (Å²) in [4.78, 5) is 34.4. The van der Waals surface area contributed by atoms with Gasteiger partial charge < -0.3 is 25.0 Å². The molecule has 1 saturated heterocycles. The Balaban J connectivity index is 1.37. The summed E-state index contributed by atoms with van der Waals surface area (Å²) in [7, 11) is 0. The van der Waals surface area contributed by atoms with Crippen molar-refractivity contribution in [3.63, 3.8) is 0 Å². The molecule has 3 rings (SSSR count). The topological polar surface area (TPSA) is 106 Å². The molecule has 0 atom stereocenters. The third-order valence-corrected chi connectivity index (χ3v) is 4.07. The standard InChI is InChI=1S/C19H23N5O4/c25-17(13-22-19(26)28-14-15-4-2-1-3-5-15)21-12-16-6-7-20-18(23-16)24-8-10-27-11-9-24/h1-7H,8-14H2,(H,21,25)(H,22,26). The highest BCUT2D eigenvalue weighted by Gasteiger charge is 2.14. The Morgan fingerprint density at radius 2 is 1.89 bits per heavy atom. The van der Waals surface area contributed by atoms with Gasteiger partial charge in [-0.25, -0.2) is 14.8 Å². The van der Waals surface area contributed by atoms with E-state index >= 15 is 0 Å². The first-order valence-corrected chi connectivity index (χ1v) is 9.06. The van der Waals surface area contributed by atoms with Gasteiger partial charge in [0.1, 0.15) is 13.2 Å². The molecule has 0 spiro atoms. The summed E-state index contributed by atoms with van der Waals surface area (Å²) < 4.78 is 10.4. The fourth-order valence-electron chi connectivity index (χ4n) is 2.58. The lowest BCUT2D eigenvalue weighted by Gasteiger charge is -2.26. The van der Waals surface area contributed by atoms with E-state index in [0.29, 0.717) is 24.9 Å². The number of benzene rings is 1. The van der Waals surface area contributed by atoms with Crippen LogP contribution in [0, 0.1) is 0 Å². The quantitative estimate of drug-likeness (QED) is 0.728. The van der Waals surface area contributed by atoms with Gasteiger partial charge in [0.15, 0.2) is 0 Å². The summed E-state index contributed by atoms with van der Waals surface area (Å²) >= 11 is 0. The molecule has 2 N–H and O–H groups in total. The van der Waals surface area contributed by atoms with Crippen LogP contribution in [0.15, 0.2) is 42.6 Å². The normalized spacial score (nSPS) is 13.6. The third kappa shape index (κ3) is 6.20. The lowest BCUT2D eigenvalue weighted by atomic mass is 10.2. The van der Waals surface area contributed by atoms with E-state index in [1.54, 1.807) is 12.3 Å². The molecular weight excluding hydrogens is 362 g/mol. The third-order valence-electron chi connectivity index (χ3n) is 4.07. The van der Waals surface area contributed by atoms with E-state index in [2.05, 4.69) is 20.6 Å². The van der Waals surface area contributed by atoms with Gasteiger partial charge in [-0.3, -0.25) is 4.79 Å². The molecule has 148 valence electrons. The lowest BCUT2D eigenvalue weighted by Crippen LogP contribution is -2.38. The van der Waals surface area contributed by atoms with Gasteiger partial charge in [-0.05, 0) is 11.6 Å². The minimum Gasteiger partial charge on any atom is -0.445 e. The number of carbonyl (C=O) groups excluding carboxylic acids is 2. The molecule has 0 bridgehead atoms. The Labute approximate surface area is 163 Å². The molecule has 0 radical (unpaired) electrons. The molecule has 9 heteroatoms. The van der Waals surface area contributed by atoms with E-state index in [1.165, 1.54) is 0 Å². The summed E-state index contributed by atoms with van der Waals surface area (Å²) in [6, 6.07) is 11.1.